The van der Waals surface area contributed by atoms with Gasteiger partial charge >= 0.3 is 0 Å². The topological polar surface area (TPSA) is 38.7 Å². The summed E-state index contributed by atoms with van der Waals surface area (Å²) in [6.45, 7) is 2.26. The zero-order valence-electron chi connectivity index (χ0n) is 8.56. The minimum atomic E-state index is -0.319. The van der Waals surface area contributed by atoms with Crippen molar-refractivity contribution in [3.05, 3.63) is 24.3 Å². The highest BCUT2D eigenvalue weighted by atomic mass is 16.5. The van der Waals surface area contributed by atoms with Crippen LogP contribution in [-0.2, 0) is 0 Å². The summed E-state index contributed by atoms with van der Waals surface area (Å²) in [5.74, 6) is 1.55. The fourth-order valence-corrected chi connectivity index (χ4v) is 1.04. The third kappa shape index (κ3) is 3.66. The molecule has 0 aliphatic rings. The van der Waals surface area contributed by atoms with Crippen LogP contribution in [0.1, 0.15) is 13.3 Å². The summed E-state index contributed by atoms with van der Waals surface area (Å²) in [4.78, 5) is 0. The quantitative estimate of drug-likeness (QED) is 0.781. The molecular weight excluding hydrogens is 180 g/mol. The van der Waals surface area contributed by atoms with Crippen molar-refractivity contribution < 1.29 is 14.6 Å². The number of benzene rings is 1. The Hall–Kier alpha value is -1.22. The normalized spacial score (nSPS) is 12.2. The second-order valence-electron chi connectivity index (χ2n) is 3.17. The van der Waals surface area contributed by atoms with Crippen LogP contribution < -0.4 is 9.47 Å². The van der Waals surface area contributed by atoms with Crippen LogP contribution >= 0.6 is 0 Å². The van der Waals surface area contributed by atoms with E-state index in [0.717, 1.165) is 11.5 Å². The van der Waals surface area contributed by atoms with E-state index in [1.165, 1.54) is 0 Å². The molecule has 0 aromatic heterocycles. The first-order valence-electron chi connectivity index (χ1n) is 4.67. The Bertz CT molecular complexity index is 271. The Morgan fingerprint density at radius 3 is 2.71 bits per heavy atom. The molecule has 0 saturated heterocycles. The monoisotopic (exact) mass is 196 g/mol. The van der Waals surface area contributed by atoms with Crippen molar-refractivity contribution in [2.24, 2.45) is 0 Å². The smallest absolute Gasteiger partial charge is 0.122 e. The van der Waals surface area contributed by atoms with Crippen molar-refractivity contribution in [3.63, 3.8) is 0 Å². The van der Waals surface area contributed by atoms with Crippen molar-refractivity contribution in [3.8, 4) is 11.5 Å². The highest BCUT2D eigenvalue weighted by Gasteiger charge is 1.98. The molecule has 1 N–H and O–H groups in total. The first kappa shape index (κ1) is 10.9. The number of aliphatic hydroxyl groups excluding tert-OH is 1. The van der Waals surface area contributed by atoms with Gasteiger partial charge in [0.15, 0.2) is 0 Å². The minimum absolute atomic E-state index is 0.319. The van der Waals surface area contributed by atoms with Crippen LogP contribution in [0.2, 0.25) is 0 Å². The largest absolute Gasteiger partial charge is 0.497 e. The minimum Gasteiger partial charge on any atom is -0.497 e. The van der Waals surface area contributed by atoms with E-state index in [-0.39, 0.29) is 6.10 Å². The molecule has 0 bridgehead atoms. The highest BCUT2D eigenvalue weighted by molar-refractivity contribution is 5.32. The molecule has 1 atom stereocenters. The van der Waals surface area contributed by atoms with Crippen LogP contribution in [0, 0.1) is 0 Å². The molecule has 0 fully saturated rings. The summed E-state index contributed by atoms with van der Waals surface area (Å²) in [5.41, 5.74) is 0. The Kier molecular flexibility index (Phi) is 4.26. The van der Waals surface area contributed by atoms with E-state index in [9.17, 15) is 0 Å². The van der Waals surface area contributed by atoms with Crippen molar-refractivity contribution in [1.29, 1.82) is 0 Å². The summed E-state index contributed by atoms with van der Waals surface area (Å²) >= 11 is 0. The zero-order chi connectivity index (χ0) is 10.4. The van der Waals surface area contributed by atoms with Crippen LogP contribution in [0.4, 0.5) is 0 Å². The molecular formula is C11H16O3. The SMILES string of the molecule is COc1cccc(OCCC(C)O)c1. The van der Waals surface area contributed by atoms with Crippen molar-refractivity contribution in [2.45, 2.75) is 19.4 Å². The van der Waals surface area contributed by atoms with E-state index >= 15 is 0 Å². The maximum absolute atomic E-state index is 9.03. The lowest BCUT2D eigenvalue weighted by Crippen LogP contribution is -2.07. The van der Waals surface area contributed by atoms with Gasteiger partial charge in [-0.15, -0.1) is 0 Å². The van der Waals surface area contributed by atoms with Gasteiger partial charge in [-0.25, -0.2) is 0 Å². The number of ether oxygens (including phenoxy) is 2. The summed E-state index contributed by atoms with van der Waals surface area (Å²) in [5, 5.41) is 9.03. The Labute approximate surface area is 84.3 Å². The molecule has 78 valence electrons. The van der Waals surface area contributed by atoms with E-state index in [4.69, 9.17) is 14.6 Å². The molecule has 0 amide bonds. The predicted molar refractivity (Wildman–Crippen MR) is 54.8 cm³/mol. The number of hydrogen-bond acceptors (Lipinski definition) is 3. The van der Waals surface area contributed by atoms with Crippen LogP contribution in [-0.4, -0.2) is 24.9 Å². The molecule has 0 radical (unpaired) electrons. The summed E-state index contributed by atoms with van der Waals surface area (Å²) in [6, 6.07) is 7.42. The van der Waals surface area contributed by atoms with Crippen molar-refractivity contribution in [2.75, 3.05) is 13.7 Å². The standard InChI is InChI=1S/C11H16O3/c1-9(12)6-7-14-11-5-3-4-10(8-11)13-2/h3-5,8-9,12H,6-7H2,1-2H3. The van der Waals surface area contributed by atoms with Gasteiger partial charge in [-0.1, -0.05) is 6.07 Å². The molecule has 14 heavy (non-hydrogen) atoms. The second-order valence-corrected chi connectivity index (χ2v) is 3.17. The van der Waals surface area contributed by atoms with Gasteiger partial charge < -0.3 is 14.6 Å². The van der Waals surface area contributed by atoms with Crippen molar-refractivity contribution >= 4 is 0 Å². The molecule has 0 saturated carbocycles. The first-order valence-corrected chi connectivity index (χ1v) is 4.67. The van der Waals surface area contributed by atoms with Gasteiger partial charge in [-0.3, -0.25) is 0 Å². The Morgan fingerprint density at radius 2 is 2.07 bits per heavy atom. The van der Waals surface area contributed by atoms with Crippen molar-refractivity contribution in [1.82, 2.24) is 0 Å². The highest BCUT2D eigenvalue weighted by Crippen LogP contribution is 2.18. The van der Waals surface area contributed by atoms with Gasteiger partial charge in [0.2, 0.25) is 0 Å². The summed E-state index contributed by atoms with van der Waals surface area (Å²) < 4.78 is 10.5. The lowest BCUT2D eigenvalue weighted by molar-refractivity contribution is 0.155. The first-order chi connectivity index (χ1) is 6.72. The van der Waals surface area contributed by atoms with Crippen LogP contribution in [0.25, 0.3) is 0 Å². The molecule has 1 aromatic rings. The fraction of sp³-hybridized carbons (Fsp3) is 0.455. The van der Waals surface area contributed by atoms with Crippen LogP contribution in [0.5, 0.6) is 11.5 Å². The molecule has 1 rings (SSSR count). The predicted octanol–water partition coefficient (Wildman–Crippen LogP) is 1.84. The van der Waals surface area contributed by atoms with Gasteiger partial charge in [0.05, 0.1) is 19.8 Å². The average Bonchev–Trinajstić information content (AvgIpc) is 2.18. The maximum atomic E-state index is 9.03. The van der Waals surface area contributed by atoms with E-state index in [1.54, 1.807) is 14.0 Å². The summed E-state index contributed by atoms with van der Waals surface area (Å²) in [7, 11) is 1.62. The molecule has 0 spiro atoms. The van der Waals surface area contributed by atoms with E-state index in [2.05, 4.69) is 0 Å². The number of rotatable bonds is 5. The van der Waals surface area contributed by atoms with E-state index in [1.807, 2.05) is 24.3 Å². The molecule has 3 heteroatoms. The molecule has 0 aliphatic heterocycles. The van der Waals surface area contributed by atoms with Gasteiger partial charge in [0.1, 0.15) is 11.5 Å². The van der Waals surface area contributed by atoms with E-state index < -0.39 is 0 Å². The maximum Gasteiger partial charge on any atom is 0.122 e. The van der Waals surface area contributed by atoms with Gasteiger partial charge in [-0.05, 0) is 19.1 Å². The molecule has 3 nitrogen and oxygen atoms in total. The Morgan fingerprint density at radius 1 is 1.36 bits per heavy atom. The summed E-state index contributed by atoms with van der Waals surface area (Å²) in [6.07, 6.45) is 0.317. The third-order valence-electron chi connectivity index (χ3n) is 1.85. The van der Waals surface area contributed by atoms with Gasteiger partial charge in [-0.2, -0.15) is 0 Å². The third-order valence-corrected chi connectivity index (χ3v) is 1.85. The lowest BCUT2D eigenvalue weighted by Gasteiger charge is -2.08. The van der Waals surface area contributed by atoms with E-state index in [0.29, 0.717) is 13.0 Å². The molecule has 1 aromatic carbocycles. The fourth-order valence-electron chi connectivity index (χ4n) is 1.04. The second kappa shape index (κ2) is 5.50. The van der Waals surface area contributed by atoms with Crippen LogP contribution in [0.3, 0.4) is 0 Å². The Balaban J connectivity index is 2.42. The van der Waals surface area contributed by atoms with Crippen LogP contribution in [0.15, 0.2) is 24.3 Å². The molecule has 0 aliphatic carbocycles. The zero-order valence-corrected chi connectivity index (χ0v) is 8.56. The average molecular weight is 196 g/mol. The van der Waals surface area contributed by atoms with Gasteiger partial charge in [0.25, 0.3) is 0 Å². The molecule has 0 heterocycles. The number of hydrogen-bond donors (Lipinski definition) is 1. The van der Waals surface area contributed by atoms with Gasteiger partial charge in [0, 0.05) is 12.5 Å². The number of aliphatic hydroxyl groups is 1. The number of methoxy groups -OCH3 is 1. The lowest BCUT2D eigenvalue weighted by atomic mass is 10.3. The molecule has 1 unspecified atom stereocenters.